The van der Waals surface area contributed by atoms with E-state index in [1.165, 1.54) is 44.1 Å². The summed E-state index contributed by atoms with van der Waals surface area (Å²) < 4.78 is 11.3. The predicted molar refractivity (Wildman–Crippen MR) is 84.6 cm³/mol. The van der Waals surface area contributed by atoms with Gasteiger partial charge in [-0.05, 0) is 42.9 Å². The Labute approximate surface area is 128 Å². The molecule has 0 aliphatic heterocycles. The Morgan fingerprint density at radius 2 is 1.76 bits per heavy atom. The lowest BCUT2D eigenvalue weighted by Gasteiger charge is -2.24. The maximum absolute atomic E-state index is 5.70. The minimum absolute atomic E-state index is 0.643. The number of hydrogen-bond acceptors (Lipinski definition) is 3. The maximum atomic E-state index is 5.70. The van der Waals surface area contributed by atoms with Gasteiger partial charge in [-0.2, -0.15) is 0 Å². The van der Waals surface area contributed by atoms with E-state index < -0.39 is 0 Å². The van der Waals surface area contributed by atoms with Crippen LogP contribution in [0.15, 0.2) is 24.3 Å². The monoisotopic (exact) mass is 289 g/mol. The van der Waals surface area contributed by atoms with Crippen LogP contribution in [0.25, 0.3) is 0 Å². The molecule has 0 amide bonds. The van der Waals surface area contributed by atoms with Crippen LogP contribution in [-0.2, 0) is 11.3 Å². The highest BCUT2D eigenvalue weighted by atomic mass is 16.5. The van der Waals surface area contributed by atoms with Crippen molar-refractivity contribution in [3.05, 3.63) is 29.8 Å². The molecular weight excluding hydrogens is 262 g/mol. The Balaban J connectivity index is 1.24. The molecule has 0 bridgehead atoms. The Hall–Kier alpha value is -1.06. The summed E-state index contributed by atoms with van der Waals surface area (Å²) in [4.78, 5) is 0. The van der Waals surface area contributed by atoms with Crippen molar-refractivity contribution >= 4 is 0 Å². The first kappa shape index (κ1) is 14.9. The van der Waals surface area contributed by atoms with Crippen molar-refractivity contribution in [1.29, 1.82) is 0 Å². The quantitative estimate of drug-likeness (QED) is 0.668. The van der Waals surface area contributed by atoms with Gasteiger partial charge in [0.2, 0.25) is 0 Å². The van der Waals surface area contributed by atoms with Gasteiger partial charge in [-0.15, -0.1) is 0 Å². The van der Waals surface area contributed by atoms with Gasteiger partial charge in [0.15, 0.2) is 0 Å². The van der Waals surface area contributed by atoms with Gasteiger partial charge in [-0.25, -0.2) is 0 Å². The Morgan fingerprint density at radius 3 is 2.43 bits per heavy atom. The number of rotatable bonds is 10. The van der Waals surface area contributed by atoms with Crippen molar-refractivity contribution in [1.82, 2.24) is 5.32 Å². The predicted octanol–water partition coefficient (Wildman–Crippen LogP) is 3.52. The fourth-order valence-electron chi connectivity index (χ4n) is 2.61. The summed E-state index contributed by atoms with van der Waals surface area (Å²) in [6, 6.07) is 9.15. The van der Waals surface area contributed by atoms with E-state index in [9.17, 15) is 0 Å². The summed E-state index contributed by atoms with van der Waals surface area (Å²) in [7, 11) is 0. The molecule has 0 atom stereocenters. The van der Waals surface area contributed by atoms with Gasteiger partial charge in [0.05, 0.1) is 6.61 Å². The van der Waals surface area contributed by atoms with E-state index in [1.54, 1.807) is 0 Å². The minimum atomic E-state index is 0.643. The molecule has 2 aliphatic rings. The number of ether oxygens (including phenoxy) is 2. The van der Waals surface area contributed by atoms with Crippen molar-refractivity contribution in [3.63, 3.8) is 0 Å². The van der Waals surface area contributed by atoms with Crippen LogP contribution < -0.4 is 10.1 Å². The van der Waals surface area contributed by atoms with Crippen LogP contribution >= 0.6 is 0 Å². The van der Waals surface area contributed by atoms with Crippen molar-refractivity contribution < 1.29 is 9.47 Å². The van der Waals surface area contributed by atoms with E-state index in [1.807, 2.05) is 0 Å². The summed E-state index contributed by atoms with van der Waals surface area (Å²) in [5.74, 6) is 1.87. The highest BCUT2D eigenvalue weighted by molar-refractivity contribution is 5.27. The second-order valence-electron chi connectivity index (χ2n) is 6.35. The lowest BCUT2D eigenvalue weighted by Crippen LogP contribution is -2.15. The van der Waals surface area contributed by atoms with Crippen molar-refractivity contribution in [2.24, 2.45) is 5.92 Å². The Kier molecular flexibility index (Phi) is 5.53. The van der Waals surface area contributed by atoms with Gasteiger partial charge in [0.1, 0.15) is 12.4 Å². The van der Waals surface area contributed by atoms with Gasteiger partial charge in [0, 0.05) is 19.2 Å². The fraction of sp³-hybridized carbons (Fsp3) is 0.667. The number of benzene rings is 1. The van der Waals surface area contributed by atoms with Crippen molar-refractivity contribution in [3.8, 4) is 5.75 Å². The first-order valence-corrected chi connectivity index (χ1v) is 8.43. The molecule has 0 aromatic heterocycles. The molecule has 3 heteroatoms. The van der Waals surface area contributed by atoms with Gasteiger partial charge in [-0.1, -0.05) is 31.4 Å². The molecule has 0 radical (unpaired) electrons. The van der Waals surface area contributed by atoms with Crippen LogP contribution in [0.3, 0.4) is 0 Å². The summed E-state index contributed by atoms with van der Waals surface area (Å²) in [5.41, 5.74) is 1.32. The lowest BCUT2D eigenvalue weighted by atomic mass is 9.83. The Bertz CT molecular complexity index is 410. The number of nitrogens with one attached hydrogen (secondary N) is 1. The molecule has 2 fully saturated rings. The second kappa shape index (κ2) is 7.81. The maximum Gasteiger partial charge on any atom is 0.119 e. The molecule has 116 valence electrons. The average molecular weight is 289 g/mol. The normalized spacial score (nSPS) is 18.5. The standard InChI is InChI=1S/C18H27NO2/c1-2-15(3-1)10-11-20-12-13-21-18-8-4-16(5-9-18)14-19-17-6-7-17/h4-5,8-9,15,17,19H,1-3,6-7,10-14H2. The molecule has 3 nitrogen and oxygen atoms in total. The topological polar surface area (TPSA) is 30.5 Å². The highest BCUT2D eigenvalue weighted by Gasteiger charge is 2.19. The summed E-state index contributed by atoms with van der Waals surface area (Å²) in [6.07, 6.45) is 8.12. The summed E-state index contributed by atoms with van der Waals surface area (Å²) in [6.45, 7) is 3.19. The van der Waals surface area contributed by atoms with E-state index in [4.69, 9.17) is 9.47 Å². The van der Waals surface area contributed by atoms with Crippen LogP contribution in [0, 0.1) is 5.92 Å². The molecule has 2 saturated carbocycles. The molecule has 0 saturated heterocycles. The minimum Gasteiger partial charge on any atom is -0.491 e. The molecule has 0 heterocycles. The third-order valence-electron chi connectivity index (χ3n) is 4.49. The van der Waals surface area contributed by atoms with Crippen LogP contribution in [0.4, 0.5) is 0 Å². The van der Waals surface area contributed by atoms with Gasteiger partial charge in [0.25, 0.3) is 0 Å². The van der Waals surface area contributed by atoms with E-state index in [2.05, 4.69) is 29.6 Å². The largest absolute Gasteiger partial charge is 0.491 e. The van der Waals surface area contributed by atoms with Crippen LogP contribution in [0.5, 0.6) is 5.75 Å². The number of hydrogen-bond donors (Lipinski definition) is 1. The first-order chi connectivity index (χ1) is 10.4. The van der Waals surface area contributed by atoms with Gasteiger partial charge in [-0.3, -0.25) is 0 Å². The van der Waals surface area contributed by atoms with E-state index in [0.29, 0.717) is 13.2 Å². The molecule has 1 aromatic carbocycles. The van der Waals surface area contributed by atoms with Crippen LogP contribution in [0.2, 0.25) is 0 Å². The molecule has 2 aliphatic carbocycles. The zero-order chi connectivity index (χ0) is 14.3. The van der Waals surface area contributed by atoms with Gasteiger partial charge >= 0.3 is 0 Å². The molecule has 3 rings (SSSR count). The highest BCUT2D eigenvalue weighted by Crippen LogP contribution is 2.29. The SMILES string of the molecule is c1cc(OCCOCCC2CCC2)ccc1CNC1CC1. The van der Waals surface area contributed by atoms with Gasteiger partial charge < -0.3 is 14.8 Å². The Morgan fingerprint density at radius 1 is 0.952 bits per heavy atom. The van der Waals surface area contributed by atoms with E-state index in [0.717, 1.165) is 30.9 Å². The third kappa shape index (κ3) is 5.33. The molecule has 1 aromatic rings. The summed E-state index contributed by atoms with van der Waals surface area (Å²) >= 11 is 0. The zero-order valence-corrected chi connectivity index (χ0v) is 12.9. The first-order valence-electron chi connectivity index (χ1n) is 8.43. The van der Waals surface area contributed by atoms with Crippen LogP contribution in [0.1, 0.15) is 44.1 Å². The second-order valence-corrected chi connectivity index (χ2v) is 6.35. The molecule has 0 spiro atoms. The van der Waals surface area contributed by atoms with E-state index >= 15 is 0 Å². The fourth-order valence-corrected chi connectivity index (χ4v) is 2.61. The van der Waals surface area contributed by atoms with Crippen LogP contribution in [-0.4, -0.2) is 25.9 Å². The molecule has 21 heavy (non-hydrogen) atoms. The summed E-state index contributed by atoms with van der Waals surface area (Å²) in [5, 5.41) is 3.52. The van der Waals surface area contributed by atoms with E-state index in [-0.39, 0.29) is 0 Å². The average Bonchev–Trinajstić information content (AvgIpc) is 3.28. The third-order valence-corrected chi connectivity index (χ3v) is 4.49. The van der Waals surface area contributed by atoms with Crippen molar-refractivity contribution in [2.75, 3.05) is 19.8 Å². The smallest absolute Gasteiger partial charge is 0.119 e. The molecule has 1 N–H and O–H groups in total. The molecule has 0 unspecified atom stereocenters. The molecular formula is C18H27NO2. The zero-order valence-electron chi connectivity index (χ0n) is 12.9. The van der Waals surface area contributed by atoms with Crippen molar-refractivity contribution in [2.45, 2.75) is 51.1 Å². The lowest BCUT2D eigenvalue weighted by molar-refractivity contribution is 0.0812.